The fourth-order valence-electron chi connectivity index (χ4n) is 4.40. The van der Waals surface area contributed by atoms with Crippen molar-refractivity contribution in [1.29, 1.82) is 0 Å². The fourth-order valence-corrected chi connectivity index (χ4v) is 4.40. The summed E-state index contributed by atoms with van der Waals surface area (Å²) in [6.45, 7) is 0.497. The fraction of sp³-hybridized carbons (Fsp3) is 0.240. The van der Waals surface area contributed by atoms with Crippen molar-refractivity contribution in [3.05, 3.63) is 64.8 Å². The number of amides is 1. The molecular formula is C25H20F3N5O2. The van der Waals surface area contributed by atoms with E-state index in [4.69, 9.17) is 10.5 Å². The van der Waals surface area contributed by atoms with Crippen molar-refractivity contribution in [2.45, 2.75) is 18.8 Å². The van der Waals surface area contributed by atoms with Crippen LogP contribution in [0.15, 0.2) is 42.6 Å². The molecule has 3 heterocycles. The Morgan fingerprint density at radius 1 is 1.23 bits per heavy atom. The number of ether oxygens (including phenoxy) is 1. The molecule has 5 rings (SSSR count). The maximum atomic E-state index is 13.5. The predicted molar refractivity (Wildman–Crippen MR) is 124 cm³/mol. The van der Waals surface area contributed by atoms with Gasteiger partial charge in [0.15, 0.2) is 0 Å². The van der Waals surface area contributed by atoms with Crippen LogP contribution in [0.2, 0.25) is 0 Å². The van der Waals surface area contributed by atoms with E-state index in [1.807, 2.05) is 0 Å². The number of likely N-dealkylation sites (N-methyl/N-ethyl adjacent to an activating group) is 1. The third-order valence-electron chi connectivity index (χ3n) is 6.13. The summed E-state index contributed by atoms with van der Waals surface area (Å²) in [6.07, 6.45) is -2.93. The summed E-state index contributed by atoms with van der Waals surface area (Å²) in [5, 5.41) is 5.72. The number of nitrogens with zero attached hydrogens (tertiary/aromatic N) is 4. The van der Waals surface area contributed by atoms with Crippen LogP contribution in [0.25, 0.3) is 21.8 Å². The third kappa shape index (κ3) is 4.15. The number of anilines is 1. The van der Waals surface area contributed by atoms with E-state index < -0.39 is 12.2 Å². The molecule has 10 heteroatoms. The number of pyridine rings is 1. The van der Waals surface area contributed by atoms with Gasteiger partial charge in [-0.15, -0.1) is 0 Å². The van der Waals surface area contributed by atoms with Crippen LogP contribution in [-0.2, 0) is 18.4 Å². The predicted octanol–water partition coefficient (Wildman–Crippen LogP) is 3.96. The molecule has 0 saturated carbocycles. The molecule has 2 aromatic heterocycles. The molecule has 4 aromatic rings. The number of halogens is 3. The lowest BCUT2D eigenvalue weighted by atomic mass is 9.95. The van der Waals surface area contributed by atoms with Crippen molar-refractivity contribution in [3.63, 3.8) is 0 Å². The highest BCUT2D eigenvalue weighted by molar-refractivity contribution is 6.10. The second kappa shape index (κ2) is 8.29. The normalized spacial score (nSPS) is 15.5. The Kier molecular flexibility index (Phi) is 5.37. The van der Waals surface area contributed by atoms with Crippen LogP contribution in [-0.4, -0.2) is 45.4 Å². The summed E-state index contributed by atoms with van der Waals surface area (Å²) in [5.41, 5.74) is 9.69. The number of nitrogen functional groups attached to an aromatic ring is 1. The van der Waals surface area contributed by atoms with Crippen LogP contribution in [0.1, 0.15) is 33.1 Å². The van der Waals surface area contributed by atoms with Crippen molar-refractivity contribution in [2.24, 2.45) is 7.05 Å². The van der Waals surface area contributed by atoms with Gasteiger partial charge in [-0.3, -0.25) is 9.48 Å². The van der Waals surface area contributed by atoms with Gasteiger partial charge in [-0.05, 0) is 41.5 Å². The van der Waals surface area contributed by atoms with Gasteiger partial charge in [-0.1, -0.05) is 12.0 Å². The van der Waals surface area contributed by atoms with E-state index in [2.05, 4.69) is 16.0 Å². The van der Waals surface area contributed by atoms with Crippen molar-refractivity contribution >= 4 is 33.5 Å². The molecule has 2 N–H and O–H groups in total. The van der Waals surface area contributed by atoms with Crippen LogP contribution in [0.5, 0.6) is 0 Å². The lowest BCUT2D eigenvalue weighted by molar-refractivity contribution is -0.0696. The number of hydrogen-bond acceptors (Lipinski definition) is 5. The number of carbonyl (C=O) groups is 1. The molecule has 0 aliphatic carbocycles. The highest BCUT2D eigenvalue weighted by atomic mass is 19.4. The van der Waals surface area contributed by atoms with E-state index >= 15 is 0 Å². The molecule has 2 aromatic carbocycles. The van der Waals surface area contributed by atoms with Gasteiger partial charge in [-0.2, -0.15) is 18.3 Å². The molecule has 1 amide bonds. The Balaban J connectivity index is 1.48. The third-order valence-corrected chi connectivity index (χ3v) is 6.13. The monoisotopic (exact) mass is 479 g/mol. The number of carbonyl (C=O) groups excluding carboxylic acids is 1. The second-order valence-corrected chi connectivity index (χ2v) is 8.37. The van der Waals surface area contributed by atoms with Crippen LogP contribution in [0, 0.1) is 11.8 Å². The largest absolute Gasteiger partial charge is 0.458 e. The number of hydrogen-bond donors (Lipinski definition) is 1. The van der Waals surface area contributed by atoms with Crippen molar-refractivity contribution in [3.8, 4) is 11.8 Å². The molecule has 1 aliphatic rings. The molecule has 35 heavy (non-hydrogen) atoms. The van der Waals surface area contributed by atoms with Gasteiger partial charge in [0.2, 0.25) is 0 Å². The molecule has 1 unspecified atom stereocenters. The summed E-state index contributed by atoms with van der Waals surface area (Å²) in [7, 11) is 3.47. The number of aromatic nitrogens is 3. The first-order valence-corrected chi connectivity index (χ1v) is 10.7. The number of alkyl halides is 3. The molecule has 1 aliphatic heterocycles. The number of nitrogens with two attached hydrogens (primary N) is 1. The Bertz CT molecular complexity index is 1550. The van der Waals surface area contributed by atoms with Gasteiger partial charge in [0, 0.05) is 36.5 Å². The SMILES string of the molecule is CN(C(=O)c1ccc2nc(N)c3cnn(C)c3c2c1)C1COCc2cc(C#CC(F)(F)F)ccc21. The first kappa shape index (κ1) is 22.7. The first-order chi connectivity index (χ1) is 16.6. The number of benzene rings is 2. The highest BCUT2D eigenvalue weighted by Gasteiger charge is 2.29. The van der Waals surface area contributed by atoms with Gasteiger partial charge in [-0.25, -0.2) is 4.98 Å². The summed E-state index contributed by atoms with van der Waals surface area (Å²) >= 11 is 0. The molecule has 0 fully saturated rings. The summed E-state index contributed by atoms with van der Waals surface area (Å²) in [4.78, 5) is 19.5. The smallest absolute Gasteiger partial charge is 0.383 e. The topological polar surface area (TPSA) is 86.3 Å². The summed E-state index contributed by atoms with van der Waals surface area (Å²) < 4.78 is 44.7. The molecule has 178 valence electrons. The van der Waals surface area contributed by atoms with E-state index in [0.29, 0.717) is 27.8 Å². The Labute approximate surface area is 198 Å². The molecule has 7 nitrogen and oxygen atoms in total. The number of rotatable bonds is 2. The maximum absolute atomic E-state index is 13.5. The summed E-state index contributed by atoms with van der Waals surface area (Å²) in [6, 6.07) is 9.60. The summed E-state index contributed by atoms with van der Waals surface area (Å²) in [5.74, 6) is 3.54. The minimum atomic E-state index is -4.57. The van der Waals surface area contributed by atoms with E-state index in [1.165, 1.54) is 12.0 Å². The van der Waals surface area contributed by atoms with Crippen LogP contribution < -0.4 is 5.73 Å². The zero-order valence-electron chi connectivity index (χ0n) is 18.8. The highest BCUT2D eigenvalue weighted by Crippen LogP contribution is 2.32. The zero-order chi connectivity index (χ0) is 24.9. The number of fused-ring (bicyclic) bond motifs is 4. The van der Waals surface area contributed by atoms with Crippen LogP contribution in [0.3, 0.4) is 0 Å². The number of aryl methyl sites for hydroxylation is 1. The standard InChI is InChI=1S/C25H20F3N5O2/c1-32(21-13-35-12-16-9-14(3-5-17(16)21)7-8-25(26,27)28)24(34)15-4-6-20-18(10-15)22-19(23(29)31-20)11-30-33(22)2/h3-6,9-11,21H,12-13H2,1-2H3,(H2,29,31). The van der Waals surface area contributed by atoms with Gasteiger partial charge >= 0.3 is 6.18 Å². The molecular weight excluding hydrogens is 459 g/mol. The van der Waals surface area contributed by atoms with Crippen LogP contribution in [0.4, 0.5) is 19.0 Å². The quantitative estimate of drug-likeness (QED) is 0.440. The van der Waals surface area contributed by atoms with Crippen molar-refractivity contribution in [1.82, 2.24) is 19.7 Å². The van der Waals surface area contributed by atoms with Crippen molar-refractivity contribution < 1.29 is 22.7 Å². The van der Waals surface area contributed by atoms with Crippen LogP contribution >= 0.6 is 0 Å². The van der Waals surface area contributed by atoms with E-state index in [1.54, 1.807) is 60.2 Å². The Morgan fingerprint density at radius 2 is 2.03 bits per heavy atom. The molecule has 0 radical (unpaired) electrons. The lowest BCUT2D eigenvalue weighted by Crippen LogP contribution is -2.36. The van der Waals surface area contributed by atoms with E-state index in [9.17, 15) is 18.0 Å². The minimum Gasteiger partial charge on any atom is -0.383 e. The van der Waals surface area contributed by atoms with Gasteiger partial charge in [0.05, 0.1) is 41.9 Å². The maximum Gasteiger partial charge on any atom is 0.458 e. The van der Waals surface area contributed by atoms with Gasteiger partial charge in [0.25, 0.3) is 5.91 Å². The molecule has 0 spiro atoms. The molecule has 1 atom stereocenters. The van der Waals surface area contributed by atoms with Crippen molar-refractivity contribution in [2.75, 3.05) is 19.4 Å². The first-order valence-electron chi connectivity index (χ1n) is 10.7. The second-order valence-electron chi connectivity index (χ2n) is 8.37. The minimum absolute atomic E-state index is 0.233. The lowest BCUT2D eigenvalue weighted by Gasteiger charge is -2.33. The van der Waals surface area contributed by atoms with E-state index in [-0.39, 0.29) is 24.7 Å². The Morgan fingerprint density at radius 3 is 2.80 bits per heavy atom. The zero-order valence-corrected chi connectivity index (χ0v) is 18.8. The van der Waals surface area contributed by atoms with Gasteiger partial charge < -0.3 is 15.4 Å². The molecule has 0 bridgehead atoms. The Hall–Kier alpha value is -4.10. The molecule has 0 saturated heterocycles. The average Bonchev–Trinajstić information content (AvgIpc) is 3.23. The van der Waals surface area contributed by atoms with Gasteiger partial charge in [0.1, 0.15) is 5.82 Å². The van der Waals surface area contributed by atoms with E-state index in [0.717, 1.165) is 16.5 Å². The average molecular weight is 479 g/mol.